The van der Waals surface area contributed by atoms with E-state index >= 15 is 0 Å². The molecule has 1 aromatic rings. The SMILES string of the molecule is CCN(C(=O)CC(=O)NCc1ccccc1C)C1CCS(=O)(=O)C1. The number of benzene rings is 1. The summed E-state index contributed by atoms with van der Waals surface area (Å²) in [5, 5.41) is 2.75. The minimum Gasteiger partial charge on any atom is -0.352 e. The Morgan fingerprint density at radius 2 is 2.00 bits per heavy atom. The first-order valence-corrected chi connectivity index (χ1v) is 9.95. The van der Waals surface area contributed by atoms with Gasteiger partial charge in [-0.2, -0.15) is 0 Å². The molecule has 1 heterocycles. The highest BCUT2D eigenvalue weighted by Crippen LogP contribution is 2.18. The summed E-state index contributed by atoms with van der Waals surface area (Å²) in [6.45, 7) is 4.55. The summed E-state index contributed by atoms with van der Waals surface area (Å²) < 4.78 is 23.2. The van der Waals surface area contributed by atoms with E-state index in [-0.39, 0.29) is 35.8 Å². The van der Waals surface area contributed by atoms with E-state index in [1.54, 1.807) is 6.92 Å². The molecule has 1 unspecified atom stereocenters. The van der Waals surface area contributed by atoms with Crippen molar-refractivity contribution >= 4 is 21.7 Å². The maximum Gasteiger partial charge on any atom is 0.232 e. The van der Waals surface area contributed by atoms with Crippen molar-refractivity contribution in [2.75, 3.05) is 18.1 Å². The molecule has 0 aliphatic carbocycles. The highest BCUT2D eigenvalue weighted by Gasteiger charge is 2.34. The average molecular weight is 352 g/mol. The standard InChI is InChI=1S/C17H24N2O4S/c1-3-19(15-8-9-24(22,23)12-15)17(21)10-16(20)18-11-14-7-5-4-6-13(14)2/h4-7,15H,3,8-12H2,1-2H3,(H,18,20). The number of sulfone groups is 1. The lowest BCUT2D eigenvalue weighted by Gasteiger charge is -2.26. The normalized spacial score (nSPS) is 19.0. The van der Waals surface area contributed by atoms with Crippen molar-refractivity contribution in [3.63, 3.8) is 0 Å². The Hall–Kier alpha value is -1.89. The largest absolute Gasteiger partial charge is 0.352 e. The number of amides is 2. The molecule has 2 rings (SSSR count). The number of carbonyl (C=O) groups excluding carboxylic acids is 2. The third-order valence-electron chi connectivity index (χ3n) is 4.36. The third-order valence-corrected chi connectivity index (χ3v) is 6.11. The molecule has 1 aliphatic rings. The first-order chi connectivity index (χ1) is 11.3. The molecule has 6 nitrogen and oxygen atoms in total. The molecule has 1 N–H and O–H groups in total. The van der Waals surface area contributed by atoms with Gasteiger partial charge in [0.25, 0.3) is 0 Å². The van der Waals surface area contributed by atoms with Crippen LogP contribution < -0.4 is 5.32 Å². The third kappa shape index (κ3) is 4.80. The maximum absolute atomic E-state index is 12.3. The van der Waals surface area contributed by atoms with Crippen LogP contribution in [0.15, 0.2) is 24.3 Å². The molecule has 0 spiro atoms. The number of hydrogen-bond acceptors (Lipinski definition) is 4. The Morgan fingerprint density at radius 1 is 1.29 bits per heavy atom. The summed E-state index contributed by atoms with van der Waals surface area (Å²) in [7, 11) is -3.06. The topological polar surface area (TPSA) is 83.6 Å². The van der Waals surface area contributed by atoms with Crippen molar-refractivity contribution in [2.24, 2.45) is 0 Å². The van der Waals surface area contributed by atoms with Gasteiger partial charge in [0.15, 0.2) is 9.84 Å². The summed E-state index contributed by atoms with van der Waals surface area (Å²) in [5.41, 5.74) is 2.09. The Labute approximate surface area is 143 Å². The van der Waals surface area contributed by atoms with E-state index < -0.39 is 9.84 Å². The lowest BCUT2D eigenvalue weighted by molar-refractivity contribution is -0.137. The van der Waals surface area contributed by atoms with Gasteiger partial charge in [0, 0.05) is 19.1 Å². The van der Waals surface area contributed by atoms with E-state index in [4.69, 9.17) is 0 Å². The van der Waals surface area contributed by atoms with Crippen molar-refractivity contribution in [1.82, 2.24) is 10.2 Å². The molecule has 0 radical (unpaired) electrons. The predicted molar refractivity (Wildman–Crippen MR) is 92.1 cm³/mol. The minimum absolute atomic E-state index is 0.00257. The van der Waals surface area contributed by atoms with Crippen LogP contribution in [0.1, 0.15) is 30.9 Å². The van der Waals surface area contributed by atoms with Crippen LogP contribution in [0.3, 0.4) is 0 Å². The molecular formula is C17H24N2O4S. The van der Waals surface area contributed by atoms with Crippen LogP contribution in [0.25, 0.3) is 0 Å². The molecule has 1 fully saturated rings. The lowest BCUT2D eigenvalue weighted by atomic mass is 10.1. The van der Waals surface area contributed by atoms with Gasteiger partial charge in [-0.25, -0.2) is 8.42 Å². The van der Waals surface area contributed by atoms with Crippen LogP contribution in [-0.4, -0.2) is 49.2 Å². The molecule has 1 saturated heterocycles. The number of nitrogens with zero attached hydrogens (tertiary/aromatic N) is 1. The molecule has 0 bridgehead atoms. The van der Waals surface area contributed by atoms with Crippen LogP contribution >= 0.6 is 0 Å². The fourth-order valence-corrected chi connectivity index (χ4v) is 4.69. The van der Waals surface area contributed by atoms with Gasteiger partial charge in [0.2, 0.25) is 11.8 Å². The summed E-state index contributed by atoms with van der Waals surface area (Å²) in [5.74, 6) is -0.553. The fourth-order valence-electron chi connectivity index (χ4n) is 2.96. The van der Waals surface area contributed by atoms with E-state index in [2.05, 4.69) is 5.32 Å². The number of rotatable bonds is 6. The summed E-state index contributed by atoms with van der Waals surface area (Å²) in [6.07, 6.45) is 0.197. The second-order valence-corrected chi connectivity index (χ2v) is 8.35. The molecular weight excluding hydrogens is 328 g/mol. The first-order valence-electron chi connectivity index (χ1n) is 8.13. The summed E-state index contributed by atoms with van der Waals surface area (Å²) in [6, 6.07) is 7.42. The molecule has 132 valence electrons. The first kappa shape index (κ1) is 18.4. The van der Waals surface area contributed by atoms with E-state index in [1.807, 2.05) is 31.2 Å². The number of hydrogen-bond donors (Lipinski definition) is 1. The van der Waals surface area contributed by atoms with Gasteiger partial charge in [0.1, 0.15) is 6.42 Å². The van der Waals surface area contributed by atoms with Gasteiger partial charge in [-0.3, -0.25) is 9.59 Å². The zero-order valence-electron chi connectivity index (χ0n) is 14.1. The molecule has 1 aromatic carbocycles. The number of carbonyl (C=O) groups is 2. The van der Waals surface area contributed by atoms with Gasteiger partial charge >= 0.3 is 0 Å². The molecule has 0 aromatic heterocycles. The van der Waals surface area contributed by atoms with Gasteiger partial charge < -0.3 is 10.2 Å². The highest BCUT2D eigenvalue weighted by atomic mass is 32.2. The van der Waals surface area contributed by atoms with Crippen LogP contribution in [0.4, 0.5) is 0 Å². The van der Waals surface area contributed by atoms with E-state index in [1.165, 1.54) is 4.90 Å². The second-order valence-electron chi connectivity index (χ2n) is 6.12. The van der Waals surface area contributed by atoms with Crippen molar-refractivity contribution in [1.29, 1.82) is 0 Å². The molecule has 7 heteroatoms. The monoisotopic (exact) mass is 352 g/mol. The zero-order valence-corrected chi connectivity index (χ0v) is 14.9. The Kier molecular flexibility index (Phi) is 5.99. The number of aryl methyl sites for hydroxylation is 1. The van der Waals surface area contributed by atoms with E-state index in [9.17, 15) is 18.0 Å². The smallest absolute Gasteiger partial charge is 0.232 e. The predicted octanol–water partition coefficient (Wildman–Crippen LogP) is 1.04. The molecule has 24 heavy (non-hydrogen) atoms. The summed E-state index contributed by atoms with van der Waals surface area (Å²) >= 11 is 0. The molecule has 1 atom stereocenters. The van der Waals surface area contributed by atoms with Gasteiger partial charge in [-0.05, 0) is 31.4 Å². The van der Waals surface area contributed by atoms with Crippen molar-refractivity contribution in [3.05, 3.63) is 35.4 Å². The van der Waals surface area contributed by atoms with Gasteiger partial charge in [0.05, 0.1) is 11.5 Å². The van der Waals surface area contributed by atoms with Crippen molar-refractivity contribution in [3.8, 4) is 0 Å². The molecule has 0 saturated carbocycles. The highest BCUT2D eigenvalue weighted by molar-refractivity contribution is 7.91. The Bertz CT molecular complexity index is 715. The zero-order chi connectivity index (χ0) is 17.7. The Morgan fingerprint density at radius 3 is 2.58 bits per heavy atom. The Balaban J connectivity index is 1.88. The lowest BCUT2D eigenvalue weighted by Crippen LogP contribution is -2.43. The van der Waals surface area contributed by atoms with E-state index in [0.29, 0.717) is 19.5 Å². The molecule has 2 amide bonds. The van der Waals surface area contributed by atoms with E-state index in [0.717, 1.165) is 11.1 Å². The van der Waals surface area contributed by atoms with Crippen molar-refractivity contribution < 1.29 is 18.0 Å². The number of nitrogens with one attached hydrogen (secondary N) is 1. The van der Waals surface area contributed by atoms with Gasteiger partial charge in [-0.1, -0.05) is 24.3 Å². The average Bonchev–Trinajstić information content (AvgIpc) is 2.87. The van der Waals surface area contributed by atoms with Crippen LogP contribution in [0.5, 0.6) is 0 Å². The van der Waals surface area contributed by atoms with Crippen molar-refractivity contribution in [2.45, 2.75) is 39.3 Å². The quantitative estimate of drug-likeness (QED) is 0.775. The van der Waals surface area contributed by atoms with Crippen LogP contribution in [-0.2, 0) is 26.0 Å². The van der Waals surface area contributed by atoms with Crippen LogP contribution in [0, 0.1) is 6.92 Å². The van der Waals surface area contributed by atoms with Crippen LogP contribution in [0.2, 0.25) is 0 Å². The fraction of sp³-hybridized carbons (Fsp3) is 0.529. The summed E-state index contributed by atoms with van der Waals surface area (Å²) in [4.78, 5) is 25.9. The maximum atomic E-state index is 12.3. The van der Waals surface area contributed by atoms with Gasteiger partial charge in [-0.15, -0.1) is 0 Å². The molecule has 1 aliphatic heterocycles. The second kappa shape index (κ2) is 7.79. The minimum atomic E-state index is -3.06.